The highest BCUT2D eigenvalue weighted by Crippen LogP contribution is 2.39. The van der Waals surface area contributed by atoms with Gasteiger partial charge in [0.2, 0.25) is 0 Å². The molecule has 0 fully saturated rings. The van der Waals surface area contributed by atoms with E-state index >= 15 is 0 Å². The average molecular weight is 246 g/mol. The second-order valence-corrected chi connectivity index (χ2v) is 11.3. The molecule has 0 unspecified atom stereocenters. The van der Waals surface area contributed by atoms with Crippen LogP contribution in [0.25, 0.3) is 0 Å². The van der Waals surface area contributed by atoms with Crippen LogP contribution in [0.1, 0.15) is 26.5 Å². The minimum absolute atomic E-state index is 0.251. The van der Waals surface area contributed by atoms with Gasteiger partial charge in [0.25, 0.3) is 0 Å². The summed E-state index contributed by atoms with van der Waals surface area (Å²) in [5, 5.41) is 0.251. The summed E-state index contributed by atoms with van der Waals surface area (Å²) in [7, 11) is -1.63. The molecule has 4 heteroatoms. The van der Waals surface area contributed by atoms with Gasteiger partial charge in [0.05, 0.1) is 12.8 Å². The SMILES string of the molecule is CC(C)(C)[Si](C)(C)N(Cl)Cc1ccco1. The highest BCUT2D eigenvalue weighted by atomic mass is 35.5. The molecular weight excluding hydrogens is 226 g/mol. The standard InChI is InChI=1S/C11H20ClNOSi/c1-11(2,3)15(4,5)13(12)9-10-7-6-8-14-10/h6-8H,9H2,1-5H3. The number of halogens is 1. The topological polar surface area (TPSA) is 16.4 Å². The molecule has 0 spiro atoms. The summed E-state index contributed by atoms with van der Waals surface area (Å²) in [5.74, 6) is 0.926. The first-order chi connectivity index (χ1) is 6.75. The first-order valence-electron chi connectivity index (χ1n) is 5.21. The summed E-state index contributed by atoms with van der Waals surface area (Å²) >= 11 is 6.38. The number of rotatable bonds is 3. The summed E-state index contributed by atoms with van der Waals surface area (Å²) < 4.78 is 7.26. The van der Waals surface area contributed by atoms with Crippen LogP contribution in [0.3, 0.4) is 0 Å². The summed E-state index contributed by atoms with van der Waals surface area (Å²) in [6, 6.07) is 3.86. The van der Waals surface area contributed by atoms with Crippen molar-refractivity contribution in [3.05, 3.63) is 24.2 Å². The highest BCUT2D eigenvalue weighted by molar-refractivity contribution is 6.81. The summed E-state index contributed by atoms with van der Waals surface area (Å²) in [6.07, 6.45) is 1.69. The maximum atomic E-state index is 6.38. The molecule has 1 aromatic heterocycles. The minimum atomic E-state index is -1.63. The lowest BCUT2D eigenvalue weighted by atomic mass is 10.2. The molecule has 0 aliphatic heterocycles. The van der Waals surface area contributed by atoms with Gasteiger partial charge in [0.15, 0.2) is 0 Å². The third kappa shape index (κ3) is 2.86. The lowest BCUT2D eigenvalue weighted by Gasteiger charge is -2.41. The van der Waals surface area contributed by atoms with E-state index < -0.39 is 8.24 Å². The first kappa shape index (κ1) is 12.8. The molecule has 0 atom stereocenters. The van der Waals surface area contributed by atoms with Gasteiger partial charge in [0.1, 0.15) is 14.0 Å². The molecule has 86 valence electrons. The van der Waals surface area contributed by atoms with E-state index in [1.165, 1.54) is 0 Å². The molecule has 1 heterocycles. The largest absolute Gasteiger partial charge is 0.468 e. The van der Waals surface area contributed by atoms with E-state index in [1.807, 2.05) is 16.2 Å². The second kappa shape index (κ2) is 4.32. The van der Waals surface area contributed by atoms with Crippen LogP contribution in [0.5, 0.6) is 0 Å². The summed E-state index contributed by atoms with van der Waals surface area (Å²) in [5.41, 5.74) is 0. The predicted octanol–water partition coefficient (Wildman–Crippen LogP) is 4.24. The van der Waals surface area contributed by atoms with Gasteiger partial charge in [-0.3, -0.25) is 0 Å². The Kier molecular flexibility index (Phi) is 3.69. The quantitative estimate of drug-likeness (QED) is 0.585. The second-order valence-electron chi connectivity index (χ2n) is 5.41. The number of hydrogen-bond donors (Lipinski definition) is 0. The average Bonchev–Trinajstić information content (AvgIpc) is 2.54. The van der Waals surface area contributed by atoms with E-state index in [4.69, 9.17) is 16.2 Å². The molecule has 0 radical (unpaired) electrons. The maximum Gasteiger partial charge on any atom is 0.146 e. The molecule has 0 aliphatic carbocycles. The Hall–Kier alpha value is -0.253. The van der Waals surface area contributed by atoms with Crippen LogP contribution in [0.4, 0.5) is 0 Å². The van der Waals surface area contributed by atoms with Crippen molar-refractivity contribution in [1.29, 1.82) is 0 Å². The van der Waals surface area contributed by atoms with Crippen molar-refractivity contribution in [2.24, 2.45) is 0 Å². The van der Waals surface area contributed by atoms with E-state index in [0.717, 1.165) is 5.76 Å². The molecule has 0 saturated heterocycles. The van der Waals surface area contributed by atoms with Gasteiger partial charge in [-0.15, -0.1) is 0 Å². The lowest BCUT2D eigenvalue weighted by Crippen LogP contribution is -2.49. The molecule has 0 aromatic carbocycles. The maximum absolute atomic E-state index is 6.38. The van der Waals surface area contributed by atoms with Crippen molar-refractivity contribution in [2.75, 3.05) is 0 Å². The number of nitrogens with zero attached hydrogens (tertiary/aromatic N) is 1. The van der Waals surface area contributed by atoms with Gasteiger partial charge in [-0.2, -0.15) is 0 Å². The Morgan fingerprint density at radius 3 is 2.40 bits per heavy atom. The zero-order valence-electron chi connectivity index (χ0n) is 10.2. The third-order valence-corrected chi connectivity index (χ3v) is 9.75. The molecule has 2 nitrogen and oxygen atoms in total. The van der Waals surface area contributed by atoms with Gasteiger partial charge in [-0.25, -0.2) is 4.08 Å². The fourth-order valence-electron chi connectivity index (χ4n) is 1.10. The van der Waals surface area contributed by atoms with Crippen LogP contribution in [0, 0.1) is 0 Å². The molecular formula is C11H20ClNOSi. The van der Waals surface area contributed by atoms with Crippen molar-refractivity contribution in [3.8, 4) is 0 Å². The molecule has 0 amide bonds. The molecule has 1 rings (SSSR count). The fourth-order valence-corrected chi connectivity index (χ4v) is 3.26. The van der Waals surface area contributed by atoms with Crippen molar-refractivity contribution >= 4 is 20.0 Å². The molecule has 0 bridgehead atoms. The van der Waals surface area contributed by atoms with Crippen LogP contribution in [-0.4, -0.2) is 12.3 Å². The van der Waals surface area contributed by atoms with E-state index in [1.54, 1.807) is 6.26 Å². The molecule has 1 aromatic rings. The van der Waals surface area contributed by atoms with Gasteiger partial charge in [0, 0.05) is 0 Å². The Labute approximate surface area is 98.4 Å². The lowest BCUT2D eigenvalue weighted by molar-refractivity contribution is 0.455. The Morgan fingerprint density at radius 2 is 2.00 bits per heavy atom. The van der Waals surface area contributed by atoms with Crippen LogP contribution in [0.15, 0.2) is 22.8 Å². The van der Waals surface area contributed by atoms with Crippen LogP contribution >= 0.6 is 11.8 Å². The van der Waals surface area contributed by atoms with Crippen molar-refractivity contribution in [1.82, 2.24) is 4.08 Å². The molecule has 0 aliphatic rings. The monoisotopic (exact) mass is 245 g/mol. The van der Waals surface area contributed by atoms with Gasteiger partial charge >= 0.3 is 0 Å². The Bertz CT molecular complexity index is 303. The highest BCUT2D eigenvalue weighted by Gasteiger charge is 2.40. The minimum Gasteiger partial charge on any atom is -0.468 e. The van der Waals surface area contributed by atoms with E-state index in [9.17, 15) is 0 Å². The van der Waals surface area contributed by atoms with E-state index in [-0.39, 0.29) is 5.04 Å². The first-order valence-corrected chi connectivity index (χ1v) is 8.49. The molecule has 0 N–H and O–H groups in total. The van der Waals surface area contributed by atoms with E-state index in [0.29, 0.717) is 6.54 Å². The Balaban J connectivity index is 2.72. The van der Waals surface area contributed by atoms with Gasteiger partial charge in [-0.1, -0.05) is 33.9 Å². The van der Waals surface area contributed by atoms with Crippen molar-refractivity contribution in [2.45, 2.75) is 45.4 Å². The smallest absolute Gasteiger partial charge is 0.146 e. The van der Waals surface area contributed by atoms with Crippen molar-refractivity contribution < 1.29 is 4.42 Å². The van der Waals surface area contributed by atoms with Crippen LogP contribution in [0.2, 0.25) is 18.1 Å². The molecule has 15 heavy (non-hydrogen) atoms. The predicted molar refractivity (Wildman–Crippen MR) is 67.3 cm³/mol. The van der Waals surface area contributed by atoms with Crippen LogP contribution < -0.4 is 0 Å². The summed E-state index contributed by atoms with van der Waals surface area (Å²) in [6.45, 7) is 12.0. The van der Waals surface area contributed by atoms with Gasteiger partial charge in [-0.05, 0) is 28.9 Å². The van der Waals surface area contributed by atoms with E-state index in [2.05, 4.69) is 33.9 Å². The van der Waals surface area contributed by atoms with Crippen LogP contribution in [-0.2, 0) is 6.54 Å². The zero-order chi connectivity index (χ0) is 11.7. The number of hydrogen-bond acceptors (Lipinski definition) is 2. The van der Waals surface area contributed by atoms with Gasteiger partial charge < -0.3 is 4.42 Å². The summed E-state index contributed by atoms with van der Waals surface area (Å²) in [4.78, 5) is 0. The third-order valence-electron chi connectivity index (χ3n) is 3.32. The van der Waals surface area contributed by atoms with Crippen molar-refractivity contribution in [3.63, 3.8) is 0 Å². The normalized spacial score (nSPS) is 13.5. The fraction of sp³-hybridized carbons (Fsp3) is 0.636. The number of furan rings is 1. The zero-order valence-corrected chi connectivity index (χ0v) is 11.9. The Morgan fingerprint density at radius 1 is 1.40 bits per heavy atom. The molecule has 0 saturated carbocycles.